The average molecular weight is 469 g/mol. The first-order chi connectivity index (χ1) is 15.1. The number of aromatic nitrogens is 1. The molecule has 5 nitrogen and oxygen atoms in total. The number of ether oxygens (including phenoxy) is 1. The minimum atomic E-state index is -0.349. The molecule has 0 bridgehead atoms. The van der Waals surface area contributed by atoms with E-state index in [0.717, 1.165) is 51.3 Å². The van der Waals surface area contributed by atoms with Crippen molar-refractivity contribution in [2.24, 2.45) is 0 Å². The number of amides is 1. The van der Waals surface area contributed by atoms with Crippen LogP contribution in [0, 0.1) is 0 Å². The lowest BCUT2D eigenvalue weighted by Crippen LogP contribution is -2.15. The van der Waals surface area contributed by atoms with E-state index in [1.807, 2.05) is 36.4 Å². The molecule has 1 aliphatic carbocycles. The fourth-order valence-electron chi connectivity index (χ4n) is 3.79. The third-order valence-corrected chi connectivity index (χ3v) is 8.71. The number of rotatable bonds is 5. The summed E-state index contributed by atoms with van der Waals surface area (Å²) >= 11 is 4.54. The van der Waals surface area contributed by atoms with Gasteiger partial charge in [-0.2, -0.15) is 0 Å². The van der Waals surface area contributed by atoms with Crippen LogP contribution in [-0.4, -0.2) is 23.5 Å². The summed E-state index contributed by atoms with van der Waals surface area (Å²) in [6, 6.07) is 11.8. The van der Waals surface area contributed by atoms with Gasteiger partial charge in [0.25, 0.3) is 5.91 Å². The molecule has 158 valence electrons. The van der Waals surface area contributed by atoms with E-state index >= 15 is 0 Å². The average Bonchev–Trinajstić information content (AvgIpc) is 3.49. The third kappa shape index (κ3) is 3.91. The Morgan fingerprint density at radius 3 is 2.74 bits per heavy atom. The molecule has 0 unspecified atom stereocenters. The summed E-state index contributed by atoms with van der Waals surface area (Å²) in [4.78, 5) is 33.1. The zero-order chi connectivity index (χ0) is 21.4. The number of anilines is 1. The smallest absolute Gasteiger partial charge is 0.341 e. The Balaban J connectivity index is 1.42. The molecule has 1 aromatic carbocycles. The first kappa shape index (κ1) is 20.4. The van der Waals surface area contributed by atoms with Crippen LogP contribution in [0.2, 0.25) is 0 Å². The Bertz CT molecular complexity index is 1250. The Morgan fingerprint density at radius 1 is 1.06 bits per heavy atom. The van der Waals surface area contributed by atoms with Crippen molar-refractivity contribution in [1.29, 1.82) is 0 Å². The number of hydrogen-bond donors (Lipinski definition) is 1. The number of carbonyl (C=O) groups excluding carboxylic acids is 2. The van der Waals surface area contributed by atoms with Crippen LogP contribution in [0.4, 0.5) is 5.00 Å². The minimum absolute atomic E-state index is 0.207. The van der Waals surface area contributed by atoms with Crippen molar-refractivity contribution in [3.8, 4) is 9.88 Å². The van der Waals surface area contributed by atoms with Gasteiger partial charge in [-0.15, -0.1) is 34.0 Å². The Kier molecular flexibility index (Phi) is 5.60. The maximum absolute atomic E-state index is 13.0. The lowest BCUT2D eigenvalue weighted by molar-refractivity contribution is 0.0526. The molecule has 0 saturated carbocycles. The molecular weight excluding hydrogens is 448 g/mol. The molecule has 0 spiro atoms. The van der Waals surface area contributed by atoms with E-state index in [1.54, 1.807) is 18.3 Å². The second kappa shape index (κ2) is 8.53. The van der Waals surface area contributed by atoms with Gasteiger partial charge in [0, 0.05) is 4.88 Å². The maximum atomic E-state index is 13.0. The van der Waals surface area contributed by atoms with E-state index in [4.69, 9.17) is 4.74 Å². The number of thiophene rings is 2. The van der Waals surface area contributed by atoms with Crippen molar-refractivity contribution >= 4 is 61.1 Å². The fraction of sp³-hybridized carbons (Fsp3) is 0.261. The summed E-state index contributed by atoms with van der Waals surface area (Å²) in [7, 11) is 0. The standard InChI is InChI=1S/C23H20N2O3S3/c1-2-28-23(27)19-13-7-3-5-9-15(13)30-22(19)25-20(26)17-11-12-18(29-17)21-24-14-8-4-6-10-16(14)31-21/h4,6,8,10-12H,2-3,5,7,9H2,1H3,(H,25,26). The SMILES string of the molecule is CCOC(=O)c1c(NC(=O)c2ccc(-c3nc4ccccc4s3)s2)sc2c1CCCC2. The van der Waals surface area contributed by atoms with Crippen LogP contribution in [0.5, 0.6) is 0 Å². The highest BCUT2D eigenvalue weighted by atomic mass is 32.1. The molecule has 1 aliphatic rings. The fourth-order valence-corrected chi connectivity index (χ4v) is 6.98. The lowest BCUT2D eigenvalue weighted by atomic mass is 9.95. The van der Waals surface area contributed by atoms with Gasteiger partial charge in [0.05, 0.1) is 32.1 Å². The summed E-state index contributed by atoms with van der Waals surface area (Å²) in [5.74, 6) is -0.556. The van der Waals surface area contributed by atoms with Gasteiger partial charge in [0.1, 0.15) is 10.0 Å². The van der Waals surface area contributed by atoms with E-state index in [9.17, 15) is 9.59 Å². The van der Waals surface area contributed by atoms with Gasteiger partial charge >= 0.3 is 5.97 Å². The largest absolute Gasteiger partial charge is 0.462 e. The maximum Gasteiger partial charge on any atom is 0.341 e. The summed E-state index contributed by atoms with van der Waals surface area (Å²) in [5, 5.41) is 4.50. The van der Waals surface area contributed by atoms with E-state index in [-0.39, 0.29) is 11.9 Å². The van der Waals surface area contributed by atoms with Gasteiger partial charge in [0.2, 0.25) is 0 Å². The highest BCUT2D eigenvalue weighted by Gasteiger charge is 2.27. The zero-order valence-electron chi connectivity index (χ0n) is 16.9. The number of esters is 1. The van der Waals surface area contributed by atoms with Crippen molar-refractivity contribution < 1.29 is 14.3 Å². The predicted molar refractivity (Wildman–Crippen MR) is 128 cm³/mol. The molecule has 0 atom stereocenters. The number of benzene rings is 1. The number of nitrogens with zero attached hydrogens (tertiary/aromatic N) is 1. The van der Waals surface area contributed by atoms with Gasteiger partial charge in [-0.05, 0) is 62.4 Å². The molecule has 0 radical (unpaired) electrons. The summed E-state index contributed by atoms with van der Waals surface area (Å²) in [6.45, 7) is 2.11. The molecule has 0 aliphatic heterocycles. The van der Waals surface area contributed by atoms with Crippen molar-refractivity contribution in [1.82, 2.24) is 4.98 Å². The second-order valence-electron chi connectivity index (χ2n) is 7.24. The zero-order valence-corrected chi connectivity index (χ0v) is 19.3. The summed E-state index contributed by atoms with van der Waals surface area (Å²) in [6.07, 6.45) is 3.97. The van der Waals surface area contributed by atoms with Crippen LogP contribution in [0.3, 0.4) is 0 Å². The molecule has 0 fully saturated rings. The normalized spacial score (nSPS) is 13.2. The van der Waals surface area contributed by atoms with Gasteiger partial charge in [-0.25, -0.2) is 9.78 Å². The topological polar surface area (TPSA) is 68.3 Å². The first-order valence-corrected chi connectivity index (χ1v) is 12.7. The molecular formula is C23H20N2O3S3. The summed E-state index contributed by atoms with van der Waals surface area (Å²) < 4.78 is 6.41. The number of hydrogen-bond acceptors (Lipinski definition) is 7. The van der Waals surface area contributed by atoms with Crippen molar-refractivity contribution in [2.45, 2.75) is 32.6 Å². The molecule has 0 saturated heterocycles. The number of carbonyl (C=O) groups is 2. The molecule has 1 N–H and O–H groups in total. The molecule has 1 amide bonds. The first-order valence-electron chi connectivity index (χ1n) is 10.2. The molecule has 8 heteroatoms. The number of nitrogens with one attached hydrogen (secondary N) is 1. The monoisotopic (exact) mass is 468 g/mol. The van der Waals surface area contributed by atoms with E-state index in [1.165, 1.54) is 27.6 Å². The van der Waals surface area contributed by atoms with E-state index < -0.39 is 0 Å². The molecule has 3 aromatic heterocycles. The number of fused-ring (bicyclic) bond motifs is 2. The Labute approximate surface area is 191 Å². The van der Waals surface area contributed by atoms with E-state index in [0.29, 0.717) is 22.0 Å². The van der Waals surface area contributed by atoms with Gasteiger partial charge in [-0.3, -0.25) is 4.79 Å². The van der Waals surface area contributed by atoms with Crippen LogP contribution in [-0.2, 0) is 17.6 Å². The lowest BCUT2D eigenvalue weighted by Gasteiger charge is -2.12. The van der Waals surface area contributed by atoms with Crippen LogP contribution in [0.1, 0.15) is 50.2 Å². The molecule has 5 rings (SSSR count). The number of para-hydroxylation sites is 1. The van der Waals surface area contributed by atoms with Crippen LogP contribution in [0.25, 0.3) is 20.1 Å². The van der Waals surface area contributed by atoms with Crippen LogP contribution in [0.15, 0.2) is 36.4 Å². The highest BCUT2D eigenvalue weighted by Crippen LogP contribution is 2.39. The predicted octanol–water partition coefficient (Wildman–Crippen LogP) is 6.39. The van der Waals surface area contributed by atoms with Gasteiger partial charge in [-0.1, -0.05) is 12.1 Å². The highest BCUT2D eigenvalue weighted by molar-refractivity contribution is 7.26. The van der Waals surface area contributed by atoms with Crippen molar-refractivity contribution in [2.75, 3.05) is 11.9 Å². The quantitative estimate of drug-likeness (QED) is 0.344. The Morgan fingerprint density at radius 2 is 1.90 bits per heavy atom. The number of thiazole rings is 1. The van der Waals surface area contributed by atoms with E-state index in [2.05, 4.69) is 10.3 Å². The second-order valence-corrected chi connectivity index (χ2v) is 10.5. The molecule has 3 heterocycles. The Hall–Kier alpha value is -2.55. The van der Waals surface area contributed by atoms with Crippen LogP contribution >= 0.6 is 34.0 Å². The van der Waals surface area contributed by atoms with Gasteiger partial charge in [0.15, 0.2) is 0 Å². The minimum Gasteiger partial charge on any atom is -0.462 e. The van der Waals surface area contributed by atoms with Gasteiger partial charge < -0.3 is 10.1 Å². The third-order valence-electron chi connectivity index (χ3n) is 5.21. The molecule has 4 aromatic rings. The van der Waals surface area contributed by atoms with Crippen LogP contribution < -0.4 is 5.32 Å². The number of aryl methyl sites for hydroxylation is 1. The van der Waals surface area contributed by atoms with Crippen molar-refractivity contribution in [3.05, 3.63) is 57.3 Å². The molecule has 31 heavy (non-hydrogen) atoms. The summed E-state index contributed by atoms with van der Waals surface area (Å²) in [5.41, 5.74) is 2.55. The van der Waals surface area contributed by atoms with Crippen molar-refractivity contribution in [3.63, 3.8) is 0 Å².